The van der Waals surface area contributed by atoms with Crippen molar-refractivity contribution in [3.8, 4) is 0 Å². The molecular formula is C13H24N2O3. The summed E-state index contributed by atoms with van der Waals surface area (Å²) in [6.45, 7) is 6.79. The zero-order chi connectivity index (χ0) is 13.7. The van der Waals surface area contributed by atoms with E-state index in [1.165, 1.54) is 0 Å². The lowest BCUT2D eigenvalue weighted by atomic mass is 9.92. The molecule has 0 aromatic carbocycles. The second-order valence-electron chi connectivity index (χ2n) is 5.18. The molecule has 0 aliphatic carbocycles. The quantitative estimate of drug-likeness (QED) is 0.809. The summed E-state index contributed by atoms with van der Waals surface area (Å²) in [4.78, 5) is 24.9. The van der Waals surface area contributed by atoms with E-state index in [9.17, 15) is 9.59 Å². The second-order valence-corrected chi connectivity index (χ2v) is 5.18. The molecule has 5 nitrogen and oxygen atoms in total. The third kappa shape index (κ3) is 3.62. The van der Waals surface area contributed by atoms with Crippen LogP contribution in [0.2, 0.25) is 0 Å². The summed E-state index contributed by atoms with van der Waals surface area (Å²) < 4.78 is 0. The highest BCUT2D eigenvalue weighted by Gasteiger charge is 2.30. The molecule has 0 aromatic heterocycles. The fraction of sp³-hybridized carbons (Fsp3) is 0.846. The van der Waals surface area contributed by atoms with Crippen molar-refractivity contribution >= 4 is 12.0 Å². The van der Waals surface area contributed by atoms with Gasteiger partial charge in [-0.25, -0.2) is 9.59 Å². The minimum absolute atomic E-state index is 0.176. The van der Waals surface area contributed by atoms with Gasteiger partial charge >= 0.3 is 12.0 Å². The number of hydrogen-bond donors (Lipinski definition) is 2. The van der Waals surface area contributed by atoms with Crippen LogP contribution in [-0.2, 0) is 4.79 Å². The Morgan fingerprint density at radius 3 is 2.67 bits per heavy atom. The predicted molar refractivity (Wildman–Crippen MR) is 69.4 cm³/mol. The second kappa shape index (κ2) is 6.61. The van der Waals surface area contributed by atoms with E-state index >= 15 is 0 Å². The first-order valence-corrected chi connectivity index (χ1v) is 6.77. The highest BCUT2D eigenvalue weighted by Crippen LogP contribution is 2.22. The van der Waals surface area contributed by atoms with Crippen molar-refractivity contribution in [3.63, 3.8) is 0 Å². The summed E-state index contributed by atoms with van der Waals surface area (Å²) in [5.74, 6) is -0.484. The van der Waals surface area contributed by atoms with Gasteiger partial charge in [-0.05, 0) is 32.1 Å². The molecule has 2 unspecified atom stereocenters. The zero-order valence-electron chi connectivity index (χ0n) is 11.5. The van der Waals surface area contributed by atoms with Crippen LogP contribution >= 0.6 is 0 Å². The van der Waals surface area contributed by atoms with Gasteiger partial charge in [-0.1, -0.05) is 20.3 Å². The van der Waals surface area contributed by atoms with E-state index in [0.717, 1.165) is 25.8 Å². The molecule has 0 saturated carbocycles. The van der Waals surface area contributed by atoms with Crippen LogP contribution in [0.15, 0.2) is 0 Å². The van der Waals surface area contributed by atoms with E-state index in [-0.39, 0.29) is 12.1 Å². The molecule has 0 bridgehead atoms. The van der Waals surface area contributed by atoms with Gasteiger partial charge in [-0.2, -0.15) is 0 Å². The Balaban J connectivity index is 2.60. The molecule has 1 rings (SSSR count). The topological polar surface area (TPSA) is 69.6 Å². The first-order chi connectivity index (χ1) is 8.47. The van der Waals surface area contributed by atoms with Gasteiger partial charge in [0.1, 0.15) is 6.04 Å². The van der Waals surface area contributed by atoms with Crippen molar-refractivity contribution in [3.05, 3.63) is 0 Å². The lowest BCUT2D eigenvalue weighted by molar-refractivity contribution is -0.139. The van der Waals surface area contributed by atoms with E-state index in [4.69, 9.17) is 5.11 Å². The number of urea groups is 1. The number of aliphatic carboxylic acids is 1. The van der Waals surface area contributed by atoms with Crippen molar-refractivity contribution in [1.29, 1.82) is 0 Å². The minimum Gasteiger partial charge on any atom is -0.480 e. The lowest BCUT2D eigenvalue weighted by Gasteiger charge is -2.38. The van der Waals surface area contributed by atoms with Crippen molar-refractivity contribution in [2.24, 2.45) is 5.92 Å². The molecule has 0 radical (unpaired) electrons. The van der Waals surface area contributed by atoms with Crippen molar-refractivity contribution in [1.82, 2.24) is 10.2 Å². The minimum atomic E-state index is -0.956. The smallest absolute Gasteiger partial charge is 0.326 e. The van der Waals surface area contributed by atoms with Crippen LogP contribution in [0.4, 0.5) is 4.79 Å². The van der Waals surface area contributed by atoms with E-state index in [1.807, 2.05) is 13.8 Å². The van der Waals surface area contributed by atoms with Crippen LogP contribution in [0.3, 0.4) is 0 Å². The molecule has 0 spiro atoms. The van der Waals surface area contributed by atoms with Gasteiger partial charge in [0.2, 0.25) is 0 Å². The van der Waals surface area contributed by atoms with Crippen LogP contribution in [0.1, 0.15) is 46.5 Å². The number of hydrogen-bond acceptors (Lipinski definition) is 2. The number of nitrogens with zero attached hydrogens (tertiary/aromatic N) is 1. The average molecular weight is 256 g/mol. The third-order valence-electron chi connectivity index (χ3n) is 3.81. The molecule has 1 heterocycles. The summed E-state index contributed by atoms with van der Waals surface area (Å²) in [6, 6.07) is -0.836. The number of nitrogens with one attached hydrogen (secondary N) is 1. The van der Waals surface area contributed by atoms with Gasteiger partial charge in [0, 0.05) is 12.6 Å². The van der Waals surface area contributed by atoms with Crippen molar-refractivity contribution in [2.45, 2.75) is 58.5 Å². The molecule has 2 amide bonds. The van der Waals surface area contributed by atoms with Crippen LogP contribution < -0.4 is 5.32 Å². The molecule has 18 heavy (non-hydrogen) atoms. The number of likely N-dealkylation sites (tertiary alicyclic amines) is 1. The van der Waals surface area contributed by atoms with Gasteiger partial charge in [-0.15, -0.1) is 0 Å². The van der Waals surface area contributed by atoms with Crippen LogP contribution in [-0.4, -0.2) is 40.6 Å². The molecule has 3 atom stereocenters. The maximum atomic E-state index is 12.1. The van der Waals surface area contributed by atoms with E-state index in [2.05, 4.69) is 12.2 Å². The molecular weight excluding hydrogens is 232 g/mol. The first kappa shape index (κ1) is 14.8. The first-order valence-electron chi connectivity index (χ1n) is 6.77. The third-order valence-corrected chi connectivity index (χ3v) is 3.81. The molecule has 0 aromatic rings. The summed E-state index contributed by atoms with van der Waals surface area (Å²) in [6.07, 6.45) is 3.33. The maximum Gasteiger partial charge on any atom is 0.326 e. The Kier molecular flexibility index (Phi) is 5.44. The SMILES string of the molecule is CCC[C@H](NC(=O)N1CCCC(C)C1C)C(=O)O. The average Bonchev–Trinajstić information content (AvgIpc) is 2.31. The highest BCUT2D eigenvalue weighted by molar-refractivity contribution is 5.82. The number of carbonyl (C=O) groups excluding carboxylic acids is 1. The van der Waals surface area contributed by atoms with Crippen molar-refractivity contribution in [2.75, 3.05) is 6.54 Å². The molecule has 1 aliphatic rings. The number of carbonyl (C=O) groups is 2. The largest absolute Gasteiger partial charge is 0.480 e. The Bertz CT molecular complexity index is 307. The van der Waals surface area contributed by atoms with Gasteiger partial charge in [0.05, 0.1) is 0 Å². The van der Waals surface area contributed by atoms with Crippen molar-refractivity contribution < 1.29 is 14.7 Å². The lowest BCUT2D eigenvalue weighted by Crippen LogP contribution is -2.54. The fourth-order valence-electron chi connectivity index (χ4n) is 2.40. The van der Waals surface area contributed by atoms with Gasteiger partial charge in [-0.3, -0.25) is 0 Å². The molecule has 1 saturated heterocycles. The Morgan fingerprint density at radius 1 is 1.44 bits per heavy atom. The molecule has 1 aliphatic heterocycles. The molecule has 5 heteroatoms. The number of carboxylic acids is 1. The highest BCUT2D eigenvalue weighted by atomic mass is 16.4. The van der Waals surface area contributed by atoms with Gasteiger partial charge < -0.3 is 15.3 Å². The Labute approximate surface area is 109 Å². The molecule has 1 fully saturated rings. The van der Waals surface area contributed by atoms with E-state index in [1.54, 1.807) is 4.90 Å². The molecule has 104 valence electrons. The van der Waals surface area contributed by atoms with Crippen LogP contribution in [0.25, 0.3) is 0 Å². The fourth-order valence-corrected chi connectivity index (χ4v) is 2.40. The van der Waals surface area contributed by atoms with Gasteiger partial charge in [0.25, 0.3) is 0 Å². The zero-order valence-corrected chi connectivity index (χ0v) is 11.5. The van der Waals surface area contributed by atoms with Crippen LogP contribution in [0.5, 0.6) is 0 Å². The predicted octanol–water partition coefficient (Wildman–Crippen LogP) is 2.07. The number of amides is 2. The summed E-state index contributed by atoms with van der Waals surface area (Å²) >= 11 is 0. The number of rotatable bonds is 4. The summed E-state index contributed by atoms with van der Waals surface area (Å²) in [5.41, 5.74) is 0. The summed E-state index contributed by atoms with van der Waals surface area (Å²) in [7, 11) is 0. The van der Waals surface area contributed by atoms with Crippen LogP contribution in [0, 0.1) is 5.92 Å². The van der Waals surface area contributed by atoms with E-state index < -0.39 is 12.0 Å². The van der Waals surface area contributed by atoms with E-state index in [0.29, 0.717) is 12.3 Å². The standard InChI is InChI=1S/C13H24N2O3/c1-4-6-11(12(16)17)14-13(18)15-8-5-7-9(2)10(15)3/h9-11H,4-8H2,1-3H3,(H,14,18)(H,16,17)/t9?,10?,11-/m0/s1. The summed E-state index contributed by atoms with van der Waals surface area (Å²) in [5, 5.41) is 11.7. The normalized spacial score (nSPS) is 25.6. The molecule has 2 N–H and O–H groups in total. The Morgan fingerprint density at radius 2 is 2.11 bits per heavy atom. The number of piperidine rings is 1. The monoisotopic (exact) mass is 256 g/mol. The van der Waals surface area contributed by atoms with Gasteiger partial charge in [0.15, 0.2) is 0 Å². The maximum absolute atomic E-state index is 12.1. The Hall–Kier alpha value is -1.26. The number of carboxylic acid groups (broad SMARTS) is 1.